The number of nitriles is 1. The first-order valence-corrected chi connectivity index (χ1v) is 10.1. The quantitative estimate of drug-likeness (QED) is 0.0485. The maximum Gasteiger partial charge on any atom is 0.341 e. The van der Waals surface area contributed by atoms with Gasteiger partial charge in [-0.3, -0.25) is 9.59 Å². The Bertz CT molecular complexity index is 1270. The molecule has 0 saturated heterocycles. The molecule has 0 atom stereocenters. The molecule has 12 N–H and O–H groups in total. The van der Waals surface area contributed by atoms with Gasteiger partial charge in [0.15, 0.2) is 12.2 Å². The molecule has 0 bridgehead atoms. The summed E-state index contributed by atoms with van der Waals surface area (Å²) in [5.41, 5.74) is 20.8. The van der Waals surface area contributed by atoms with Crippen LogP contribution < -0.4 is 33.6 Å². The van der Waals surface area contributed by atoms with Crippen molar-refractivity contribution in [1.82, 2.24) is 0 Å². The van der Waals surface area contributed by atoms with E-state index >= 15 is 0 Å². The topological polar surface area (TPSA) is 291 Å². The highest BCUT2D eigenvalue weighted by atomic mass is 16.5. The van der Waals surface area contributed by atoms with Gasteiger partial charge in [0.25, 0.3) is 0 Å². The summed E-state index contributed by atoms with van der Waals surface area (Å²) in [6, 6.07) is 4.82. The van der Waals surface area contributed by atoms with Gasteiger partial charge in [0.05, 0.1) is 37.0 Å². The van der Waals surface area contributed by atoms with Gasteiger partial charge in [0.2, 0.25) is 11.8 Å². The van der Waals surface area contributed by atoms with Crippen molar-refractivity contribution in [1.29, 1.82) is 5.26 Å². The average Bonchev–Trinajstić information content (AvgIpc) is 2.81. The molecular weight excluding hydrogens is 504 g/mol. The van der Waals surface area contributed by atoms with Crippen LogP contribution in [0, 0.1) is 11.5 Å². The molecule has 0 saturated carbocycles. The van der Waals surface area contributed by atoms with Gasteiger partial charge in [-0.15, -0.1) is 0 Å². The number of hydrogen-bond donors (Lipinski definition) is 8. The number of methoxy groups -OCH3 is 2. The summed E-state index contributed by atoms with van der Waals surface area (Å²) in [7, 11) is 2.36. The highest BCUT2D eigenvalue weighted by Gasteiger charge is 2.17. The molecule has 2 amide bonds. The maximum atomic E-state index is 11.4. The van der Waals surface area contributed by atoms with Crippen LogP contribution in [0.4, 0.5) is 22.7 Å². The molecule has 204 valence electrons. The lowest BCUT2D eigenvalue weighted by atomic mass is 10.1. The summed E-state index contributed by atoms with van der Waals surface area (Å²) in [5.74, 6) is -3.06. The number of hydrogen-bond acceptors (Lipinski definition) is 12. The lowest BCUT2D eigenvalue weighted by molar-refractivity contribution is -0.115. The third kappa shape index (κ3) is 10.3. The normalized spacial score (nSPS) is 9.03. The number of rotatable bonds is 5. The van der Waals surface area contributed by atoms with Crippen LogP contribution in [0.2, 0.25) is 0 Å². The van der Waals surface area contributed by atoms with Crippen LogP contribution in [0.5, 0.6) is 11.5 Å². The number of nitrogens with two attached hydrogens (primary N) is 4. The van der Waals surface area contributed by atoms with Gasteiger partial charge in [-0.25, -0.2) is 14.6 Å². The van der Waals surface area contributed by atoms with E-state index in [-0.39, 0.29) is 63.1 Å². The fraction of sp³-hybridized carbons (Fsp3) is 0.182. The summed E-state index contributed by atoms with van der Waals surface area (Å²) >= 11 is 0. The number of nitrogens with one attached hydrogen (secondary N) is 2. The van der Waals surface area contributed by atoms with E-state index < -0.39 is 11.9 Å². The van der Waals surface area contributed by atoms with Gasteiger partial charge in [0.1, 0.15) is 22.6 Å². The van der Waals surface area contributed by atoms with Crippen molar-refractivity contribution < 1.29 is 38.9 Å². The zero-order valence-corrected chi connectivity index (χ0v) is 20.9. The van der Waals surface area contributed by atoms with Gasteiger partial charge in [0, 0.05) is 26.0 Å². The minimum Gasteiger partial charge on any atom is -0.507 e. The Morgan fingerprint density at radius 1 is 0.868 bits per heavy atom. The van der Waals surface area contributed by atoms with E-state index in [4.69, 9.17) is 22.5 Å². The minimum atomic E-state index is -0.751. The number of anilines is 3. The number of phenols is 2. The first-order chi connectivity index (χ1) is 17.7. The molecule has 2 aromatic carbocycles. The molecule has 0 unspecified atom stereocenters. The van der Waals surface area contributed by atoms with Gasteiger partial charge >= 0.3 is 11.9 Å². The average molecular weight is 533 g/mol. The fourth-order valence-corrected chi connectivity index (χ4v) is 2.55. The van der Waals surface area contributed by atoms with Crippen LogP contribution in [-0.4, -0.2) is 54.1 Å². The van der Waals surface area contributed by atoms with Crippen LogP contribution in [-0.2, 0) is 19.1 Å². The summed E-state index contributed by atoms with van der Waals surface area (Å²) in [5, 5.41) is 31.2. The lowest BCUT2D eigenvalue weighted by Gasteiger charge is -2.10. The second kappa shape index (κ2) is 15.3. The lowest BCUT2D eigenvalue weighted by Crippen LogP contribution is -2.22. The van der Waals surface area contributed by atoms with Crippen LogP contribution >= 0.6 is 0 Å². The molecule has 2 aromatic rings. The number of benzene rings is 2. The number of ether oxygens (including phenoxy) is 2. The number of nitrogens with zero attached hydrogens (tertiary/aromatic N) is 2. The molecule has 0 aromatic heterocycles. The molecule has 0 aliphatic carbocycles. The number of esters is 2. The van der Waals surface area contributed by atoms with E-state index in [0.29, 0.717) is 0 Å². The molecule has 16 nitrogen and oxygen atoms in total. The Labute approximate surface area is 216 Å². The van der Waals surface area contributed by atoms with Crippen molar-refractivity contribution in [3.8, 4) is 17.7 Å². The highest BCUT2D eigenvalue weighted by molar-refractivity contribution is 6.00. The molecule has 16 heteroatoms. The number of carbonyl (C=O) groups excluding carboxylic acids is 4. The molecule has 2 rings (SSSR count). The Morgan fingerprint density at radius 2 is 1.26 bits per heavy atom. The molecule has 0 aliphatic rings. The molecule has 0 aliphatic heterocycles. The summed E-state index contributed by atoms with van der Waals surface area (Å²) in [4.78, 5) is 48.2. The third-order valence-corrected chi connectivity index (χ3v) is 3.96. The summed E-state index contributed by atoms with van der Waals surface area (Å²) in [6.45, 7) is 2.59. The number of guanidine groups is 1. The number of aromatic hydroxyl groups is 2. The first-order valence-electron chi connectivity index (χ1n) is 10.1. The molecule has 0 spiro atoms. The van der Waals surface area contributed by atoms with Crippen molar-refractivity contribution >= 4 is 52.5 Å². The van der Waals surface area contributed by atoms with Crippen molar-refractivity contribution in [2.45, 2.75) is 13.8 Å². The predicted octanol–water partition coefficient (Wildman–Crippen LogP) is 0.188. The highest BCUT2D eigenvalue weighted by Crippen LogP contribution is 2.33. The van der Waals surface area contributed by atoms with Crippen molar-refractivity contribution in [3.05, 3.63) is 35.4 Å². The fourth-order valence-electron chi connectivity index (χ4n) is 2.55. The van der Waals surface area contributed by atoms with Crippen molar-refractivity contribution in [3.63, 3.8) is 0 Å². The Hall–Kier alpha value is -5.72. The summed E-state index contributed by atoms with van der Waals surface area (Å²) < 4.78 is 8.95. The second-order valence-corrected chi connectivity index (χ2v) is 6.85. The number of phenolic OH excluding ortho intramolecular Hbond substituents is 2. The van der Waals surface area contributed by atoms with E-state index in [1.165, 1.54) is 52.5 Å². The largest absolute Gasteiger partial charge is 0.507 e. The SMILES string of the molecule is COC(=O)c1cc(N)c(NC(C)=O)cc1O.COC(=O)c1cc(N=C(N)N)c(NC(C)=O)cc1O.N#CN. The van der Waals surface area contributed by atoms with Crippen LogP contribution in [0.15, 0.2) is 29.3 Å². The predicted molar refractivity (Wildman–Crippen MR) is 137 cm³/mol. The van der Waals surface area contributed by atoms with E-state index in [1.807, 2.05) is 0 Å². The maximum absolute atomic E-state index is 11.4. The van der Waals surface area contributed by atoms with Crippen molar-refractivity contribution in [2.75, 3.05) is 30.6 Å². The van der Waals surface area contributed by atoms with Crippen LogP contribution in [0.25, 0.3) is 0 Å². The molecule has 0 radical (unpaired) electrons. The minimum absolute atomic E-state index is 0.0471. The zero-order chi connectivity index (χ0) is 29.6. The number of amides is 2. The summed E-state index contributed by atoms with van der Waals surface area (Å²) in [6.07, 6.45) is 1.25. The van der Waals surface area contributed by atoms with Gasteiger partial charge in [-0.2, -0.15) is 5.26 Å². The molecular formula is C22H28N8O8. The molecule has 0 heterocycles. The van der Waals surface area contributed by atoms with Crippen molar-refractivity contribution in [2.24, 2.45) is 22.2 Å². The van der Waals surface area contributed by atoms with Crippen LogP contribution in [0.1, 0.15) is 34.6 Å². The molecule has 38 heavy (non-hydrogen) atoms. The van der Waals surface area contributed by atoms with E-state index in [0.717, 1.165) is 6.07 Å². The van der Waals surface area contributed by atoms with E-state index in [2.05, 4.69) is 30.8 Å². The number of carbonyl (C=O) groups is 4. The number of aliphatic imine (C=N–C) groups is 1. The Kier molecular flexibility index (Phi) is 13.0. The smallest absolute Gasteiger partial charge is 0.341 e. The zero-order valence-electron chi connectivity index (χ0n) is 20.9. The van der Waals surface area contributed by atoms with Crippen LogP contribution in [0.3, 0.4) is 0 Å². The van der Waals surface area contributed by atoms with Gasteiger partial charge in [-0.1, -0.05) is 0 Å². The number of nitrogen functional groups attached to an aromatic ring is 1. The van der Waals surface area contributed by atoms with Gasteiger partial charge in [-0.05, 0) is 12.1 Å². The second-order valence-electron chi connectivity index (χ2n) is 6.85. The van der Waals surface area contributed by atoms with E-state index in [9.17, 15) is 29.4 Å². The van der Waals surface area contributed by atoms with Gasteiger partial charge < -0.3 is 53.3 Å². The van der Waals surface area contributed by atoms with E-state index in [1.54, 1.807) is 0 Å². The third-order valence-electron chi connectivity index (χ3n) is 3.96. The monoisotopic (exact) mass is 532 g/mol. The molecule has 0 fully saturated rings. The Morgan fingerprint density at radius 3 is 1.66 bits per heavy atom. The first kappa shape index (κ1) is 32.3. The standard InChI is InChI=1S/C11H14N4O4.C10H12N2O4.CH2N2/c1-5(16)14-8-4-9(17)6(10(18)19-2)3-7(8)15-11(12)13;1-5(13)12-8-4-9(14)6(3-7(8)11)10(15)16-2;2-1-3/h3-4,17H,1-2H3,(H,14,16)(H4,12,13,15);3-4,14H,11H2,1-2H3,(H,12,13);2H2. The Balaban J connectivity index is 0.000000660.